The molecule has 7 nitrogen and oxygen atoms in total. The van der Waals surface area contributed by atoms with Crippen molar-refractivity contribution in [2.24, 2.45) is 7.05 Å². The van der Waals surface area contributed by atoms with Crippen LogP contribution in [0.2, 0.25) is 0 Å². The molecule has 0 aromatic carbocycles. The minimum atomic E-state index is -3.52. The third kappa shape index (κ3) is 2.37. The summed E-state index contributed by atoms with van der Waals surface area (Å²) in [5, 5.41) is 4.08. The molecule has 1 aliphatic heterocycles. The van der Waals surface area contributed by atoms with Crippen LogP contribution in [0.1, 0.15) is 11.7 Å². The summed E-state index contributed by atoms with van der Waals surface area (Å²) in [5.74, 6) is 0. The zero-order valence-corrected chi connectivity index (χ0v) is 11.8. The van der Waals surface area contributed by atoms with E-state index in [1.54, 1.807) is 10.9 Å². The van der Waals surface area contributed by atoms with E-state index in [0.29, 0.717) is 13.2 Å². The van der Waals surface area contributed by atoms with Gasteiger partial charge in [0.25, 0.3) is 0 Å². The van der Waals surface area contributed by atoms with Gasteiger partial charge in [-0.3, -0.25) is 4.68 Å². The summed E-state index contributed by atoms with van der Waals surface area (Å²) < 4.78 is 38.4. The highest BCUT2D eigenvalue weighted by atomic mass is 32.2. The Labute approximate surface area is 116 Å². The molecule has 2 aromatic rings. The number of hydrogen-bond acceptors (Lipinski definition) is 5. The van der Waals surface area contributed by atoms with Crippen LogP contribution in [0.25, 0.3) is 0 Å². The number of furan rings is 1. The van der Waals surface area contributed by atoms with E-state index in [1.807, 2.05) is 13.2 Å². The van der Waals surface area contributed by atoms with Gasteiger partial charge >= 0.3 is 0 Å². The van der Waals surface area contributed by atoms with Crippen LogP contribution < -0.4 is 0 Å². The summed E-state index contributed by atoms with van der Waals surface area (Å²) in [7, 11) is -1.71. The number of hydrogen-bond donors (Lipinski definition) is 0. The highest BCUT2D eigenvalue weighted by Crippen LogP contribution is 2.26. The van der Waals surface area contributed by atoms with Crippen molar-refractivity contribution in [3.8, 4) is 0 Å². The molecule has 0 radical (unpaired) electrons. The molecule has 2 aromatic heterocycles. The van der Waals surface area contributed by atoms with Gasteiger partial charge in [0.15, 0.2) is 0 Å². The molecule has 3 rings (SSSR count). The first kappa shape index (κ1) is 13.3. The topological polar surface area (TPSA) is 77.6 Å². The van der Waals surface area contributed by atoms with Crippen LogP contribution in [0.15, 0.2) is 40.3 Å². The molecule has 1 fully saturated rings. The molecule has 0 amide bonds. The Bertz CT molecular complexity index is 677. The summed E-state index contributed by atoms with van der Waals surface area (Å²) >= 11 is 0. The van der Waals surface area contributed by atoms with E-state index in [2.05, 4.69) is 5.10 Å². The molecule has 108 valence electrons. The molecule has 20 heavy (non-hydrogen) atoms. The number of sulfonamides is 1. The second kappa shape index (κ2) is 5.04. The van der Waals surface area contributed by atoms with E-state index in [1.165, 1.54) is 22.9 Å². The minimum absolute atomic E-state index is 0.171. The summed E-state index contributed by atoms with van der Waals surface area (Å²) in [6.45, 7) is 0.972. The Morgan fingerprint density at radius 2 is 2.30 bits per heavy atom. The van der Waals surface area contributed by atoms with E-state index in [-0.39, 0.29) is 17.5 Å². The Morgan fingerprint density at radius 1 is 1.45 bits per heavy atom. The largest absolute Gasteiger partial charge is 0.471 e. The number of morpholine rings is 1. The van der Waals surface area contributed by atoms with Gasteiger partial charge in [-0.1, -0.05) is 0 Å². The van der Waals surface area contributed by atoms with Crippen molar-refractivity contribution in [1.29, 1.82) is 0 Å². The van der Waals surface area contributed by atoms with Crippen LogP contribution in [0.5, 0.6) is 0 Å². The van der Waals surface area contributed by atoms with Crippen LogP contribution in [-0.2, 0) is 21.8 Å². The quantitative estimate of drug-likeness (QED) is 0.836. The molecule has 0 N–H and O–H groups in total. The zero-order chi connectivity index (χ0) is 14.2. The van der Waals surface area contributed by atoms with Gasteiger partial charge in [-0.25, -0.2) is 8.42 Å². The van der Waals surface area contributed by atoms with E-state index >= 15 is 0 Å². The van der Waals surface area contributed by atoms with Gasteiger partial charge in [0.05, 0.1) is 25.2 Å². The van der Waals surface area contributed by atoms with Crippen molar-refractivity contribution in [1.82, 2.24) is 14.1 Å². The van der Waals surface area contributed by atoms with Gasteiger partial charge in [-0.05, 0) is 6.07 Å². The molecule has 1 aliphatic rings. The third-order valence-electron chi connectivity index (χ3n) is 3.26. The Morgan fingerprint density at radius 3 is 2.95 bits per heavy atom. The number of nitrogens with zero attached hydrogens (tertiary/aromatic N) is 3. The maximum Gasteiger partial charge on any atom is 0.246 e. The van der Waals surface area contributed by atoms with E-state index < -0.39 is 10.0 Å². The van der Waals surface area contributed by atoms with Gasteiger partial charge in [-0.2, -0.15) is 9.40 Å². The predicted octanol–water partition coefficient (Wildman–Crippen LogP) is 0.775. The second-order valence-electron chi connectivity index (χ2n) is 4.63. The van der Waals surface area contributed by atoms with Gasteiger partial charge in [0.2, 0.25) is 10.0 Å². The Kier molecular flexibility index (Phi) is 3.36. The van der Waals surface area contributed by atoms with Crippen LogP contribution in [0.3, 0.4) is 0 Å². The maximum absolute atomic E-state index is 12.4. The van der Waals surface area contributed by atoms with Crippen LogP contribution in [0.4, 0.5) is 0 Å². The third-order valence-corrected chi connectivity index (χ3v) is 5.10. The standard InChI is InChI=1S/C12H15N3O4S/c1-14-7-10(6-13-14)12-8-15(3-5-19-12)20(16,17)11-2-4-18-9-11/h2,4,6-7,9,12H,3,5,8H2,1H3. The lowest BCUT2D eigenvalue weighted by molar-refractivity contribution is -0.00260. The summed E-state index contributed by atoms with van der Waals surface area (Å²) in [5.41, 5.74) is 0.875. The highest BCUT2D eigenvalue weighted by molar-refractivity contribution is 7.89. The lowest BCUT2D eigenvalue weighted by Gasteiger charge is -2.31. The molecular formula is C12H15N3O4S. The maximum atomic E-state index is 12.4. The van der Waals surface area contributed by atoms with Crippen LogP contribution >= 0.6 is 0 Å². The van der Waals surface area contributed by atoms with Crippen molar-refractivity contribution >= 4 is 10.0 Å². The van der Waals surface area contributed by atoms with Crippen LogP contribution in [0, 0.1) is 0 Å². The van der Waals surface area contributed by atoms with E-state index in [0.717, 1.165) is 5.56 Å². The number of aromatic nitrogens is 2. The number of rotatable bonds is 3. The predicted molar refractivity (Wildman–Crippen MR) is 69.4 cm³/mol. The first-order valence-electron chi connectivity index (χ1n) is 6.20. The summed E-state index contributed by atoms with van der Waals surface area (Å²) in [6.07, 6.45) is 5.83. The van der Waals surface area contributed by atoms with Crippen LogP contribution in [-0.4, -0.2) is 42.2 Å². The van der Waals surface area contributed by atoms with Crippen molar-refractivity contribution in [3.63, 3.8) is 0 Å². The molecule has 1 atom stereocenters. The van der Waals surface area contributed by atoms with Gasteiger partial charge in [-0.15, -0.1) is 0 Å². The SMILES string of the molecule is Cn1cc(C2CN(S(=O)(=O)c3ccoc3)CCO2)cn1. The second-order valence-corrected chi connectivity index (χ2v) is 6.57. The van der Waals surface area contributed by atoms with Crippen molar-refractivity contribution in [2.45, 2.75) is 11.0 Å². The number of aryl methyl sites for hydroxylation is 1. The van der Waals surface area contributed by atoms with E-state index in [9.17, 15) is 8.42 Å². The summed E-state index contributed by atoms with van der Waals surface area (Å²) in [6, 6.07) is 1.45. The lowest BCUT2D eigenvalue weighted by Crippen LogP contribution is -2.42. The average Bonchev–Trinajstić information content (AvgIpc) is 3.10. The first-order chi connectivity index (χ1) is 9.57. The van der Waals surface area contributed by atoms with Gasteiger partial charge < -0.3 is 9.15 Å². The minimum Gasteiger partial charge on any atom is -0.471 e. The zero-order valence-electron chi connectivity index (χ0n) is 11.0. The molecule has 8 heteroatoms. The highest BCUT2D eigenvalue weighted by Gasteiger charge is 2.32. The number of ether oxygens (including phenoxy) is 1. The van der Waals surface area contributed by atoms with Crippen molar-refractivity contribution < 1.29 is 17.6 Å². The molecule has 3 heterocycles. The Hall–Kier alpha value is -1.64. The summed E-state index contributed by atoms with van der Waals surface area (Å²) in [4.78, 5) is 0.171. The fourth-order valence-electron chi connectivity index (χ4n) is 2.20. The van der Waals surface area contributed by atoms with Crippen molar-refractivity contribution in [2.75, 3.05) is 19.7 Å². The first-order valence-corrected chi connectivity index (χ1v) is 7.64. The molecule has 0 bridgehead atoms. The van der Waals surface area contributed by atoms with Gasteiger partial charge in [0, 0.05) is 31.9 Å². The molecule has 1 saturated heterocycles. The molecule has 0 aliphatic carbocycles. The normalized spacial score (nSPS) is 21.1. The monoisotopic (exact) mass is 297 g/mol. The van der Waals surface area contributed by atoms with Gasteiger partial charge in [0.1, 0.15) is 11.2 Å². The molecular weight excluding hydrogens is 282 g/mol. The average molecular weight is 297 g/mol. The molecule has 1 unspecified atom stereocenters. The molecule has 0 spiro atoms. The Balaban J connectivity index is 1.82. The van der Waals surface area contributed by atoms with Crippen molar-refractivity contribution in [3.05, 3.63) is 36.5 Å². The molecule has 0 saturated carbocycles. The fourth-order valence-corrected chi connectivity index (χ4v) is 3.55. The fraction of sp³-hybridized carbons (Fsp3) is 0.417. The van der Waals surface area contributed by atoms with E-state index in [4.69, 9.17) is 9.15 Å². The lowest BCUT2D eigenvalue weighted by atomic mass is 10.2. The smallest absolute Gasteiger partial charge is 0.246 e.